The van der Waals surface area contributed by atoms with E-state index in [-0.39, 0.29) is 5.41 Å². The van der Waals surface area contributed by atoms with Crippen LogP contribution in [0, 0.1) is 12.3 Å². The Labute approximate surface area is 130 Å². The third-order valence-corrected chi connectivity index (χ3v) is 5.47. The largest absolute Gasteiger partial charge is 0.343 e. The number of carbonyl (C=O) groups excluding carboxylic acids is 1. The summed E-state index contributed by atoms with van der Waals surface area (Å²) in [5.74, 6) is 0.310. The Morgan fingerprint density at radius 2 is 2.10 bits per heavy atom. The summed E-state index contributed by atoms with van der Waals surface area (Å²) < 4.78 is 2.36. The van der Waals surface area contributed by atoms with Crippen LogP contribution in [0.15, 0.2) is 17.5 Å². The zero-order valence-electron chi connectivity index (χ0n) is 13.3. The van der Waals surface area contributed by atoms with Crippen molar-refractivity contribution in [1.29, 1.82) is 0 Å². The van der Waals surface area contributed by atoms with Crippen LogP contribution in [0.2, 0.25) is 0 Å². The van der Waals surface area contributed by atoms with E-state index in [1.54, 1.807) is 0 Å². The number of aryl methyl sites for hydroxylation is 2. The fraction of sp³-hybridized carbons (Fsp3) is 0.500. The highest BCUT2D eigenvalue weighted by molar-refractivity contribution is 7.10. The van der Waals surface area contributed by atoms with Crippen molar-refractivity contribution in [2.75, 3.05) is 0 Å². The number of aromatic nitrogens is 1. The number of fused-ring (bicyclic) bond motifs is 1. The van der Waals surface area contributed by atoms with Gasteiger partial charge in [-0.25, -0.2) is 0 Å². The van der Waals surface area contributed by atoms with Crippen molar-refractivity contribution in [2.24, 2.45) is 5.41 Å². The summed E-state index contributed by atoms with van der Waals surface area (Å²) in [7, 11) is 0. The SMILES string of the molecule is CCc1ccsc1Cn1c(C)cc2c1CC(C)(C)CC2=O. The van der Waals surface area contributed by atoms with Crippen LogP contribution in [0.25, 0.3) is 0 Å². The molecule has 0 N–H and O–H groups in total. The van der Waals surface area contributed by atoms with Gasteiger partial charge in [-0.05, 0) is 48.3 Å². The van der Waals surface area contributed by atoms with Crippen molar-refractivity contribution in [3.63, 3.8) is 0 Å². The van der Waals surface area contributed by atoms with E-state index in [2.05, 4.69) is 49.8 Å². The molecule has 0 saturated carbocycles. The summed E-state index contributed by atoms with van der Waals surface area (Å²) in [5, 5.41) is 2.18. The first-order valence-electron chi connectivity index (χ1n) is 7.69. The molecule has 1 aliphatic carbocycles. The van der Waals surface area contributed by atoms with E-state index in [1.807, 2.05) is 11.3 Å². The van der Waals surface area contributed by atoms with Gasteiger partial charge in [-0.2, -0.15) is 0 Å². The summed E-state index contributed by atoms with van der Waals surface area (Å²) in [6.45, 7) is 9.63. The molecule has 0 radical (unpaired) electrons. The Kier molecular flexibility index (Phi) is 3.56. The van der Waals surface area contributed by atoms with Crippen molar-refractivity contribution in [3.05, 3.63) is 44.9 Å². The number of Topliss-reactive ketones (excluding diaryl/α,β-unsaturated/α-hetero) is 1. The Balaban J connectivity index is 2.03. The maximum Gasteiger partial charge on any atom is 0.165 e. The minimum Gasteiger partial charge on any atom is -0.343 e. The summed E-state index contributed by atoms with van der Waals surface area (Å²) in [5.41, 5.74) is 4.92. The van der Waals surface area contributed by atoms with Crippen LogP contribution in [0.3, 0.4) is 0 Å². The number of ketones is 1. The first-order chi connectivity index (χ1) is 9.91. The molecule has 2 aromatic heterocycles. The second-order valence-corrected chi connectivity index (χ2v) is 7.90. The number of hydrogen-bond acceptors (Lipinski definition) is 2. The Bertz CT molecular complexity index is 690. The fourth-order valence-corrected chi connectivity index (χ4v) is 4.35. The fourth-order valence-electron chi connectivity index (χ4n) is 3.39. The van der Waals surface area contributed by atoms with Gasteiger partial charge in [0, 0.05) is 28.2 Å². The third-order valence-electron chi connectivity index (χ3n) is 4.52. The molecule has 21 heavy (non-hydrogen) atoms. The molecule has 0 bridgehead atoms. The van der Waals surface area contributed by atoms with Gasteiger partial charge in [0.25, 0.3) is 0 Å². The molecule has 0 saturated heterocycles. The first-order valence-corrected chi connectivity index (χ1v) is 8.56. The molecular weight excluding hydrogens is 278 g/mol. The average Bonchev–Trinajstić information content (AvgIpc) is 2.96. The lowest BCUT2D eigenvalue weighted by atomic mass is 9.76. The lowest BCUT2D eigenvalue weighted by Gasteiger charge is -2.30. The average molecular weight is 301 g/mol. The van der Waals surface area contributed by atoms with Crippen molar-refractivity contribution >= 4 is 17.1 Å². The smallest absolute Gasteiger partial charge is 0.165 e. The van der Waals surface area contributed by atoms with Crippen LogP contribution in [0.5, 0.6) is 0 Å². The summed E-state index contributed by atoms with van der Waals surface area (Å²) in [6, 6.07) is 4.31. The lowest BCUT2D eigenvalue weighted by Crippen LogP contribution is -2.28. The molecule has 2 heterocycles. The van der Waals surface area contributed by atoms with E-state index in [9.17, 15) is 4.79 Å². The number of thiophene rings is 1. The molecule has 0 aromatic carbocycles. The predicted molar refractivity (Wildman–Crippen MR) is 88.4 cm³/mol. The zero-order chi connectivity index (χ0) is 15.2. The van der Waals surface area contributed by atoms with Crippen LogP contribution in [-0.4, -0.2) is 10.4 Å². The van der Waals surface area contributed by atoms with E-state index in [1.165, 1.54) is 21.8 Å². The molecule has 0 unspecified atom stereocenters. The van der Waals surface area contributed by atoms with Gasteiger partial charge in [-0.3, -0.25) is 4.79 Å². The standard InChI is InChI=1S/C18H23NOS/c1-5-13-6-7-21-17(13)11-19-12(2)8-14-15(19)9-18(3,4)10-16(14)20/h6-8H,5,9-11H2,1-4H3. The van der Waals surface area contributed by atoms with Gasteiger partial charge in [0.1, 0.15) is 0 Å². The minimum absolute atomic E-state index is 0.0790. The van der Waals surface area contributed by atoms with Gasteiger partial charge in [-0.1, -0.05) is 20.8 Å². The molecule has 0 atom stereocenters. The number of nitrogens with zero attached hydrogens (tertiary/aromatic N) is 1. The monoisotopic (exact) mass is 301 g/mol. The molecular formula is C18H23NOS. The van der Waals surface area contributed by atoms with Gasteiger partial charge in [0.15, 0.2) is 5.78 Å². The topological polar surface area (TPSA) is 22.0 Å². The van der Waals surface area contributed by atoms with Gasteiger partial charge in [-0.15, -0.1) is 11.3 Å². The zero-order valence-corrected chi connectivity index (χ0v) is 14.1. The molecule has 2 aromatic rings. The molecule has 2 nitrogen and oxygen atoms in total. The minimum atomic E-state index is 0.0790. The second-order valence-electron chi connectivity index (χ2n) is 6.90. The van der Waals surface area contributed by atoms with E-state index in [0.29, 0.717) is 12.2 Å². The summed E-state index contributed by atoms with van der Waals surface area (Å²) in [6.07, 6.45) is 2.74. The van der Waals surface area contributed by atoms with Crippen LogP contribution in [-0.2, 0) is 19.4 Å². The molecule has 1 aliphatic rings. The Morgan fingerprint density at radius 1 is 1.33 bits per heavy atom. The highest BCUT2D eigenvalue weighted by Crippen LogP contribution is 2.36. The van der Waals surface area contributed by atoms with Crippen molar-refractivity contribution in [1.82, 2.24) is 4.57 Å². The van der Waals surface area contributed by atoms with Crippen molar-refractivity contribution in [3.8, 4) is 0 Å². The molecule has 0 amide bonds. The quantitative estimate of drug-likeness (QED) is 0.810. The maximum atomic E-state index is 12.4. The highest BCUT2D eigenvalue weighted by Gasteiger charge is 2.33. The van der Waals surface area contributed by atoms with Crippen molar-refractivity contribution < 1.29 is 4.79 Å². The number of carbonyl (C=O) groups is 1. The number of hydrogen-bond donors (Lipinski definition) is 0. The van der Waals surface area contributed by atoms with Crippen LogP contribution < -0.4 is 0 Å². The summed E-state index contributed by atoms with van der Waals surface area (Å²) >= 11 is 1.83. The highest BCUT2D eigenvalue weighted by atomic mass is 32.1. The number of rotatable bonds is 3. The maximum absolute atomic E-state index is 12.4. The first kappa shape index (κ1) is 14.6. The predicted octanol–water partition coefficient (Wildman–Crippen LogP) is 4.62. The molecule has 3 rings (SSSR count). The molecule has 0 aliphatic heterocycles. The van der Waals surface area contributed by atoms with E-state index in [4.69, 9.17) is 0 Å². The van der Waals surface area contributed by atoms with E-state index in [0.717, 1.165) is 24.9 Å². The molecule has 3 heteroatoms. The van der Waals surface area contributed by atoms with Crippen LogP contribution in [0.1, 0.15) is 59.4 Å². The molecule has 0 fully saturated rings. The molecule has 112 valence electrons. The van der Waals surface area contributed by atoms with E-state index >= 15 is 0 Å². The molecule has 0 spiro atoms. The van der Waals surface area contributed by atoms with Gasteiger partial charge in [0.05, 0.1) is 6.54 Å². The Morgan fingerprint density at radius 3 is 2.81 bits per heavy atom. The van der Waals surface area contributed by atoms with Gasteiger partial charge < -0.3 is 4.57 Å². The van der Waals surface area contributed by atoms with Gasteiger partial charge in [0.2, 0.25) is 0 Å². The van der Waals surface area contributed by atoms with E-state index < -0.39 is 0 Å². The Hall–Kier alpha value is -1.35. The summed E-state index contributed by atoms with van der Waals surface area (Å²) in [4.78, 5) is 13.8. The normalized spacial score (nSPS) is 17.0. The third kappa shape index (κ3) is 2.59. The van der Waals surface area contributed by atoms with Gasteiger partial charge >= 0.3 is 0 Å². The van der Waals surface area contributed by atoms with Crippen molar-refractivity contribution in [2.45, 2.75) is 53.5 Å². The second kappa shape index (κ2) is 5.13. The van der Waals surface area contributed by atoms with Crippen LogP contribution in [0.4, 0.5) is 0 Å². The van der Waals surface area contributed by atoms with Crippen LogP contribution >= 0.6 is 11.3 Å². The lowest BCUT2D eigenvalue weighted by molar-refractivity contribution is 0.0910.